The quantitative estimate of drug-likeness (QED) is 0.872. The molecular weight excluding hydrogens is 242 g/mol. The van der Waals surface area contributed by atoms with Gasteiger partial charge in [-0.05, 0) is 23.3 Å². The fourth-order valence-corrected chi connectivity index (χ4v) is 1.98. The Hall–Kier alpha value is -2.63. The fourth-order valence-electron chi connectivity index (χ4n) is 1.98. The minimum absolute atomic E-state index is 0.416. The lowest BCUT2D eigenvalue weighted by molar-refractivity contribution is 0.416. The first-order valence-electron chi connectivity index (χ1n) is 5.81. The van der Waals surface area contributed by atoms with E-state index in [1.807, 2.05) is 18.3 Å². The topological polar surface area (TPSA) is 85.4 Å². The van der Waals surface area contributed by atoms with Crippen molar-refractivity contribution in [3.63, 3.8) is 0 Å². The van der Waals surface area contributed by atoms with Gasteiger partial charge in [-0.25, -0.2) is 9.97 Å². The number of methoxy groups -OCH3 is 1. The molecule has 0 bridgehead atoms. The van der Waals surface area contributed by atoms with Gasteiger partial charge in [0.15, 0.2) is 0 Å². The van der Waals surface area contributed by atoms with Crippen molar-refractivity contribution in [1.82, 2.24) is 9.97 Å². The number of fused-ring (bicyclic) bond motifs is 1. The van der Waals surface area contributed by atoms with Gasteiger partial charge in [0, 0.05) is 12.3 Å². The summed E-state index contributed by atoms with van der Waals surface area (Å²) in [6, 6.07) is 5.64. The molecule has 3 N–H and O–H groups in total. The number of rotatable bonds is 3. The Morgan fingerprint density at radius 1 is 1.26 bits per heavy atom. The molecule has 1 aliphatic rings. The van der Waals surface area contributed by atoms with Crippen molar-refractivity contribution >= 4 is 23.5 Å². The first kappa shape index (κ1) is 11.5. The number of hydrogen-bond acceptors (Lipinski definition) is 6. The molecule has 0 radical (unpaired) electrons. The van der Waals surface area contributed by atoms with E-state index in [0.29, 0.717) is 18.2 Å². The third kappa shape index (κ3) is 2.20. The van der Waals surface area contributed by atoms with Crippen molar-refractivity contribution in [2.24, 2.45) is 4.99 Å². The van der Waals surface area contributed by atoms with Crippen molar-refractivity contribution in [2.45, 2.75) is 6.54 Å². The number of aliphatic imine (C=N–C) groups is 1. The van der Waals surface area contributed by atoms with E-state index in [4.69, 9.17) is 10.5 Å². The SMILES string of the molecule is COc1cc2c(cc1Nc1cc(N)ncn1)C=NC2. The Bertz CT molecular complexity index is 653. The molecule has 0 aliphatic carbocycles. The van der Waals surface area contributed by atoms with Crippen LogP contribution in [-0.4, -0.2) is 23.3 Å². The molecule has 1 aromatic heterocycles. The van der Waals surface area contributed by atoms with Gasteiger partial charge in [0.1, 0.15) is 23.7 Å². The van der Waals surface area contributed by atoms with Gasteiger partial charge in [-0.3, -0.25) is 4.99 Å². The van der Waals surface area contributed by atoms with Crippen LogP contribution in [0.2, 0.25) is 0 Å². The predicted molar refractivity (Wildman–Crippen MR) is 74.0 cm³/mol. The number of nitrogens with zero attached hydrogens (tertiary/aromatic N) is 3. The van der Waals surface area contributed by atoms with Crippen molar-refractivity contribution in [1.29, 1.82) is 0 Å². The Kier molecular flexibility index (Phi) is 2.75. The summed E-state index contributed by atoms with van der Waals surface area (Å²) in [6.45, 7) is 0.701. The summed E-state index contributed by atoms with van der Waals surface area (Å²) in [7, 11) is 1.64. The average Bonchev–Trinajstić information content (AvgIpc) is 2.85. The summed E-state index contributed by atoms with van der Waals surface area (Å²) in [4.78, 5) is 12.2. The summed E-state index contributed by atoms with van der Waals surface area (Å²) < 4.78 is 5.38. The molecule has 6 heteroatoms. The zero-order valence-electron chi connectivity index (χ0n) is 10.4. The molecule has 19 heavy (non-hydrogen) atoms. The number of nitrogens with one attached hydrogen (secondary N) is 1. The maximum atomic E-state index is 5.63. The molecule has 3 rings (SSSR count). The number of ether oxygens (including phenoxy) is 1. The molecule has 0 unspecified atom stereocenters. The molecule has 96 valence electrons. The van der Waals surface area contributed by atoms with E-state index >= 15 is 0 Å². The third-order valence-corrected chi connectivity index (χ3v) is 2.90. The molecule has 2 aromatic rings. The van der Waals surface area contributed by atoms with Gasteiger partial charge >= 0.3 is 0 Å². The van der Waals surface area contributed by atoms with Gasteiger partial charge in [-0.15, -0.1) is 0 Å². The zero-order valence-corrected chi connectivity index (χ0v) is 10.4. The highest BCUT2D eigenvalue weighted by Crippen LogP contribution is 2.32. The van der Waals surface area contributed by atoms with Gasteiger partial charge in [-0.1, -0.05) is 0 Å². The van der Waals surface area contributed by atoms with E-state index in [0.717, 1.165) is 22.6 Å². The van der Waals surface area contributed by atoms with Gasteiger partial charge in [0.2, 0.25) is 0 Å². The molecule has 0 saturated carbocycles. The van der Waals surface area contributed by atoms with Crippen LogP contribution < -0.4 is 15.8 Å². The van der Waals surface area contributed by atoms with E-state index in [9.17, 15) is 0 Å². The highest BCUT2D eigenvalue weighted by molar-refractivity contribution is 5.87. The maximum absolute atomic E-state index is 5.63. The van der Waals surface area contributed by atoms with Crippen molar-refractivity contribution in [3.8, 4) is 5.75 Å². The molecule has 1 aliphatic heterocycles. The highest BCUT2D eigenvalue weighted by atomic mass is 16.5. The van der Waals surface area contributed by atoms with Gasteiger partial charge in [0.05, 0.1) is 19.3 Å². The largest absolute Gasteiger partial charge is 0.495 e. The molecule has 0 atom stereocenters. The van der Waals surface area contributed by atoms with E-state index in [2.05, 4.69) is 20.3 Å². The van der Waals surface area contributed by atoms with Crippen molar-refractivity contribution in [2.75, 3.05) is 18.2 Å². The fraction of sp³-hybridized carbons (Fsp3) is 0.154. The summed E-state index contributed by atoms with van der Waals surface area (Å²) in [5, 5.41) is 3.18. The van der Waals surface area contributed by atoms with Crippen LogP contribution in [0.4, 0.5) is 17.3 Å². The van der Waals surface area contributed by atoms with E-state index < -0.39 is 0 Å². The first-order chi connectivity index (χ1) is 9.26. The van der Waals surface area contributed by atoms with E-state index in [1.165, 1.54) is 6.33 Å². The summed E-state index contributed by atoms with van der Waals surface area (Å²) >= 11 is 0. The monoisotopic (exact) mass is 255 g/mol. The normalized spacial score (nSPS) is 12.3. The molecule has 0 saturated heterocycles. The Balaban J connectivity index is 1.98. The van der Waals surface area contributed by atoms with E-state index in [-0.39, 0.29) is 0 Å². The van der Waals surface area contributed by atoms with Gasteiger partial charge in [-0.2, -0.15) is 0 Å². The van der Waals surface area contributed by atoms with Crippen LogP contribution in [0.15, 0.2) is 29.5 Å². The average molecular weight is 255 g/mol. The number of aromatic nitrogens is 2. The molecule has 2 heterocycles. The molecular formula is C13H13N5O. The molecule has 0 amide bonds. The second-order valence-electron chi connectivity index (χ2n) is 4.17. The Morgan fingerprint density at radius 3 is 2.95 bits per heavy atom. The first-order valence-corrected chi connectivity index (χ1v) is 5.81. The molecule has 0 spiro atoms. The lowest BCUT2D eigenvalue weighted by Gasteiger charge is -2.12. The van der Waals surface area contributed by atoms with Crippen LogP contribution >= 0.6 is 0 Å². The number of benzene rings is 1. The second-order valence-corrected chi connectivity index (χ2v) is 4.17. The number of hydrogen-bond donors (Lipinski definition) is 2. The van der Waals surface area contributed by atoms with Crippen LogP contribution in [0, 0.1) is 0 Å². The number of nitrogen functional groups attached to an aromatic ring is 1. The molecule has 6 nitrogen and oxygen atoms in total. The minimum Gasteiger partial charge on any atom is -0.495 e. The summed E-state index contributed by atoms with van der Waals surface area (Å²) in [5.74, 6) is 1.79. The van der Waals surface area contributed by atoms with Crippen molar-refractivity contribution in [3.05, 3.63) is 35.7 Å². The summed E-state index contributed by atoms with van der Waals surface area (Å²) in [5.41, 5.74) is 8.70. The van der Waals surface area contributed by atoms with Crippen molar-refractivity contribution < 1.29 is 4.74 Å². The standard InChI is InChI=1S/C13H13N5O/c1-19-11-3-9-6-15-5-8(9)2-10(11)18-13-4-12(14)16-7-17-13/h2-5,7H,6H2,1H3,(H3,14,16,17,18). The smallest absolute Gasteiger partial charge is 0.142 e. The second kappa shape index (κ2) is 4.56. The van der Waals surface area contributed by atoms with Crippen LogP contribution in [0.1, 0.15) is 11.1 Å². The molecule has 0 fully saturated rings. The lowest BCUT2D eigenvalue weighted by atomic mass is 10.1. The minimum atomic E-state index is 0.416. The van der Waals surface area contributed by atoms with Crippen LogP contribution in [0.25, 0.3) is 0 Å². The highest BCUT2D eigenvalue weighted by Gasteiger charge is 2.13. The number of nitrogens with two attached hydrogens (primary N) is 1. The molecule has 1 aromatic carbocycles. The van der Waals surface area contributed by atoms with Gasteiger partial charge in [0.25, 0.3) is 0 Å². The zero-order chi connectivity index (χ0) is 13.2. The van der Waals surface area contributed by atoms with Crippen LogP contribution in [0.3, 0.4) is 0 Å². The third-order valence-electron chi connectivity index (χ3n) is 2.90. The van der Waals surface area contributed by atoms with Crippen LogP contribution in [-0.2, 0) is 6.54 Å². The lowest BCUT2D eigenvalue weighted by Crippen LogP contribution is -2.00. The summed E-state index contributed by atoms with van der Waals surface area (Å²) in [6.07, 6.45) is 3.27. The predicted octanol–water partition coefficient (Wildman–Crippen LogP) is 1.74. The number of anilines is 3. The maximum Gasteiger partial charge on any atom is 0.142 e. The Labute approximate surface area is 110 Å². The van der Waals surface area contributed by atoms with Gasteiger partial charge < -0.3 is 15.8 Å². The Morgan fingerprint density at radius 2 is 2.16 bits per heavy atom. The van der Waals surface area contributed by atoms with Crippen LogP contribution in [0.5, 0.6) is 5.75 Å². The van der Waals surface area contributed by atoms with E-state index in [1.54, 1.807) is 13.2 Å².